The molecule has 1 amide bonds. The average Bonchev–Trinajstić information content (AvgIpc) is 3.17. The van der Waals surface area contributed by atoms with E-state index in [1.165, 1.54) is 12.5 Å². The van der Waals surface area contributed by atoms with Crippen molar-refractivity contribution in [2.45, 2.75) is 37.5 Å². The highest BCUT2D eigenvalue weighted by atomic mass is 16.3. The van der Waals surface area contributed by atoms with Crippen molar-refractivity contribution in [2.75, 3.05) is 26.2 Å². The molecular weight excluding hydrogens is 272 g/mol. The number of nitrogens with one attached hydrogen (secondary N) is 1. The number of imidazole rings is 1. The summed E-state index contributed by atoms with van der Waals surface area (Å²) >= 11 is 0. The topological polar surface area (TPSA) is 92.7 Å². The van der Waals surface area contributed by atoms with Crippen molar-refractivity contribution in [3.8, 4) is 0 Å². The molecule has 3 unspecified atom stereocenters. The van der Waals surface area contributed by atoms with Gasteiger partial charge in [0.2, 0.25) is 0 Å². The van der Waals surface area contributed by atoms with Gasteiger partial charge in [-0.25, -0.2) is 4.98 Å². The number of carbonyl (C=O) groups is 1. The molecule has 3 atom stereocenters. The summed E-state index contributed by atoms with van der Waals surface area (Å²) < 4.78 is 0. The van der Waals surface area contributed by atoms with Gasteiger partial charge in [0.25, 0.3) is 5.91 Å². The van der Waals surface area contributed by atoms with Crippen molar-refractivity contribution < 1.29 is 15.0 Å². The molecule has 2 aliphatic rings. The van der Waals surface area contributed by atoms with Crippen LogP contribution in [0.3, 0.4) is 0 Å². The number of nitrogens with zero attached hydrogens (tertiary/aromatic N) is 3. The van der Waals surface area contributed by atoms with Crippen LogP contribution < -0.4 is 0 Å². The second-order valence-corrected chi connectivity index (χ2v) is 5.84. The molecule has 1 saturated carbocycles. The zero-order valence-electron chi connectivity index (χ0n) is 12.0. The lowest BCUT2D eigenvalue weighted by Crippen LogP contribution is -2.54. The molecule has 0 bridgehead atoms. The second kappa shape index (κ2) is 6.13. The summed E-state index contributed by atoms with van der Waals surface area (Å²) in [5.74, 6) is -0.286. The Morgan fingerprint density at radius 2 is 2.10 bits per heavy atom. The first kappa shape index (κ1) is 14.5. The molecular formula is C14H22N4O3. The fraction of sp³-hybridized carbons (Fsp3) is 0.714. The van der Waals surface area contributed by atoms with Crippen LogP contribution in [-0.2, 0) is 4.79 Å². The molecule has 1 aromatic heterocycles. The Morgan fingerprint density at radius 1 is 1.33 bits per heavy atom. The van der Waals surface area contributed by atoms with E-state index in [0.29, 0.717) is 18.8 Å². The van der Waals surface area contributed by atoms with Gasteiger partial charge in [0.1, 0.15) is 0 Å². The minimum absolute atomic E-state index is 0.233. The second-order valence-electron chi connectivity index (χ2n) is 5.84. The van der Waals surface area contributed by atoms with Crippen molar-refractivity contribution >= 4 is 5.91 Å². The molecule has 2 heterocycles. The highest BCUT2D eigenvalue weighted by molar-refractivity contribution is 5.81. The number of hydrogen-bond donors (Lipinski definition) is 3. The minimum Gasteiger partial charge on any atom is -0.391 e. The Hall–Kier alpha value is -1.44. The van der Waals surface area contributed by atoms with E-state index in [4.69, 9.17) is 0 Å². The third-order valence-electron chi connectivity index (χ3n) is 4.59. The number of aromatic amines is 1. The first-order valence-corrected chi connectivity index (χ1v) is 7.54. The standard InChI is InChI=1S/C14H22N4O3/c19-12-3-1-2-11(12)17-4-6-18(7-5-17)14(21)13(20)10-8-15-9-16-10/h8-9,11-13,19-20H,1-7H2,(H,15,16). The summed E-state index contributed by atoms with van der Waals surface area (Å²) in [6.07, 6.45) is 4.50. The van der Waals surface area contributed by atoms with Crippen LogP contribution in [0, 0.1) is 0 Å². The number of amides is 1. The molecule has 116 valence electrons. The van der Waals surface area contributed by atoms with Crippen molar-refractivity contribution in [2.24, 2.45) is 0 Å². The van der Waals surface area contributed by atoms with Gasteiger partial charge in [-0.2, -0.15) is 0 Å². The van der Waals surface area contributed by atoms with Gasteiger partial charge in [0.05, 0.1) is 24.3 Å². The van der Waals surface area contributed by atoms with Crippen molar-refractivity contribution in [1.29, 1.82) is 0 Å². The van der Waals surface area contributed by atoms with Crippen molar-refractivity contribution in [3.63, 3.8) is 0 Å². The maximum atomic E-state index is 12.2. The maximum Gasteiger partial charge on any atom is 0.257 e. The monoisotopic (exact) mass is 294 g/mol. The van der Waals surface area contributed by atoms with Crippen LogP contribution in [0.15, 0.2) is 12.5 Å². The van der Waals surface area contributed by atoms with E-state index in [1.807, 2.05) is 0 Å². The Labute approximate surface area is 123 Å². The quantitative estimate of drug-likeness (QED) is 0.699. The molecule has 3 N–H and O–H groups in total. The lowest BCUT2D eigenvalue weighted by molar-refractivity contribution is -0.143. The molecule has 7 nitrogen and oxygen atoms in total. The number of piperazine rings is 1. The number of aromatic nitrogens is 2. The lowest BCUT2D eigenvalue weighted by Gasteiger charge is -2.39. The fourth-order valence-corrected chi connectivity index (χ4v) is 3.34. The van der Waals surface area contributed by atoms with Crippen LogP contribution in [0.25, 0.3) is 0 Å². The molecule has 3 rings (SSSR count). The summed E-state index contributed by atoms with van der Waals surface area (Å²) in [4.78, 5) is 22.8. The predicted octanol–water partition coefficient (Wildman–Crippen LogP) is -0.499. The number of rotatable bonds is 3. The Morgan fingerprint density at radius 3 is 2.67 bits per heavy atom. The molecule has 0 spiro atoms. The largest absolute Gasteiger partial charge is 0.391 e. The minimum atomic E-state index is -1.17. The molecule has 1 saturated heterocycles. The zero-order valence-corrected chi connectivity index (χ0v) is 12.0. The van der Waals surface area contributed by atoms with Gasteiger partial charge in [0, 0.05) is 32.2 Å². The predicted molar refractivity (Wildman–Crippen MR) is 75.3 cm³/mol. The van der Waals surface area contributed by atoms with Gasteiger partial charge in [-0.15, -0.1) is 0 Å². The number of hydrogen-bond acceptors (Lipinski definition) is 5. The average molecular weight is 294 g/mol. The van der Waals surface area contributed by atoms with E-state index in [0.717, 1.165) is 32.4 Å². The number of aliphatic hydroxyl groups excluding tert-OH is 2. The van der Waals surface area contributed by atoms with Gasteiger partial charge >= 0.3 is 0 Å². The van der Waals surface area contributed by atoms with E-state index in [1.54, 1.807) is 4.90 Å². The summed E-state index contributed by atoms with van der Waals surface area (Å²) in [5, 5.41) is 20.0. The van der Waals surface area contributed by atoms with E-state index in [2.05, 4.69) is 14.9 Å². The van der Waals surface area contributed by atoms with E-state index >= 15 is 0 Å². The van der Waals surface area contributed by atoms with Gasteiger partial charge in [-0.05, 0) is 19.3 Å². The summed E-state index contributed by atoms with van der Waals surface area (Å²) in [7, 11) is 0. The molecule has 1 aliphatic carbocycles. The van der Waals surface area contributed by atoms with Crippen LogP contribution in [0.4, 0.5) is 0 Å². The normalized spacial score (nSPS) is 28.8. The molecule has 0 aromatic carbocycles. The first-order valence-electron chi connectivity index (χ1n) is 7.54. The highest BCUT2D eigenvalue weighted by Gasteiger charge is 2.34. The SMILES string of the molecule is O=C(C(O)c1cnc[nH]1)N1CCN(C2CCCC2O)CC1. The Bertz CT molecular complexity index is 471. The highest BCUT2D eigenvalue weighted by Crippen LogP contribution is 2.25. The van der Waals surface area contributed by atoms with Crippen LogP contribution in [0.5, 0.6) is 0 Å². The van der Waals surface area contributed by atoms with Gasteiger partial charge < -0.3 is 20.1 Å². The third-order valence-corrected chi connectivity index (χ3v) is 4.59. The Kier molecular flexibility index (Phi) is 4.23. The number of carbonyl (C=O) groups excluding carboxylic acids is 1. The van der Waals surface area contributed by atoms with Gasteiger partial charge in [-0.1, -0.05) is 0 Å². The van der Waals surface area contributed by atoms with E-state index < -0.39 is 6.10 Å². The number of aliphatic hydroxyl groups is 2. The van der Waals surface area contributed by atoms with Gasteiger partial charge in [-0.3, -0.25) is 9.69 Å². The molecule has 2 fully saturated rings. The van der Waals surface area contributed by atoms with Crippen LogP contribution in [0.1, 0.15) is 31.1 Å². The summed E-state index contributed by atoms with van der Waals surface area (Å²) in [6, 6.07) is 0.236. The smallest absolute Gasteiger partial charge is 0.257 e. The summed E-state index contributed by atoms with van der Waals surface area (Å²) in [6.45, 7) is 2.69. The van der Waals surface area contributed by atoms with E-state index in [-0.39, 0.29) is 18.1 Å². The summed E-state index contributed by atoms with van der Waals surface area (Å²) in [5.41, 5.74) is 0.425. The van der Waals surface area contributed by atoms with Crippen molar-refractivity contribution in [1.82, 2.24) is 19.8 Å². The molecule has 0 radical (unpaired) electrons. The molecule has 1 aromatic rings. The van der Waals surface area contributed by atoms with E-state index in [9.17, 15) is 15.0 Å². The first-order chi connectivity index (χ1) is 10.2. The zero-order chi connectivity index (χ0) is 14.8. The molecule has 7 heteroatoms. The molecule has 21 heavy (non-hydrogen) atoms. The molecule has 1 aliphatic heterocycles. The number of H-pyrrole nitrogens is 1. The van der Waals surface area contributed by atoms with Crippen LogP contribution in [0.2, 0.25) is 0 Å². The third kappa shape index (κ3) is 2.95. The lowest BCUT2D eigenvalue weighted by atomic mass is 10.1. The van der Waals surface area contributed by atoms with Crippen LogP contribution in [-0.4, -0.2) is 74.2 Å². The van der Waals surface area contributed by atoms with Crippen molar-refractivity contribution in [3.05, 3.63) is 18.2 Å². The van der Waals surface area contributed by atoms with Gasteiger partial charge in [0.15, 0.2) is 6.10 Å². The fourth-order valence-electron chi connectivity index (χ4n) is 3.34. The van der Waals surface area contributed by atoms with Crippen LogP contribution >= 0.6 is 0 Å². The maximum absolute atomic E-state index is 12.2. The Balaban J connectivity index is 1.54.